The number of hydrogen-bond donors (Lipinski definition) is 1. The summed E-state index contributed by atoms with van der Waals surface area (Å²) in [4.78, 5) is 10.1. The van der Waals surface area contributed by atoms with Crippen LogP contribution in [-0.4, -0.2) is 30.7 Å². The highest BCUT2D eigenvalue weighted by Gasteiger charge is 2.31. The van der Waals surface area contributed by atoms with Crippen LogP contribution in [0.15, 0.2) is 23.1 Å². The highest BCUT2D eigenvalue weighted by Crippen LogP contribution is 2.29. The van der Waals surface area contributed by atoms with Crippen LogP contribution in [0.3, 0.4) is 0 Å². The average molecular weight is 313 g/mol. The van der Waals surface area contributed by atoms with Gasteiger partial charge in [-0.25, -0.2) is 8.42 Å². The van der Waals surface area contributed by atoms with E-state index in [-0.39, 0.29) is 10.6 Å². The van der Waals surface area contributed by atoms with Gasteiger partial charge in [0.25, 0.3) is 5.69 Å². The van der Waals surface area contributed by atoms with Crippen LogP contribution in [0.25, 0.3) is 0 Å². The summed E-state index contributed by atoms with van der Waals surface area (Å²) in [7, 11) is -3.89. The number of nitrogens with zero attached hydrogens (tertiary/aromatic N) is 2. The van der Waals surface area contributed by atoms with Crippen molar-refractivity contribution in [2.75, 3.05) is 18.8 Å². The van der Waals surface area contributed by atoms with Crippen LogP contribution in [0.5, 0.6) is 0 Å². The van der Waals surface area contributed by atoms with Crippen molar-refractivity contribution in [3.63, 3.8) is 0 Å². The fourth-order valence-corrected chi connectivity index (χ4v) is 4.20. The Bertz CT molecular complexity index is 622. The first-order chi connectivity index (χ1) is 9.93. The minimum Gasteiger partial charge on any atom is -0.399 e. The quantitative estimate of drug-likeness (QED) is 0.522. The zero-order valence-electron chi connectivity index (χ0n) is 11.7. The summed E-state index contributed by atoms with van der Waals surface area (Å²) >= 11 is 0. The molecule has 0 amide bonds. The van der Waals surface area contributed by atoms with Crippen LogP contribution in [0.4, 0.5) is 11.4 Å². The van der Waals surface area contributed by atoms with Crippen LogP contribution < -0.4 is 5.73 Å². The van der Waals surface area contributed by atoms with Gasteiger partial charge in [-0.05, 0) is 25.0 Å². The average Bonchev–Trinajstić information content (AvgIpc) is 2.37. The first-order valence-electron chi connectivity index (χ1n) is 6.97. The van der Waals surface area contributed by atoms with Crippen molar-refractivity contribution in [2.24, 2.45) is 0 Å². The second-order valence-corrected chi connectivity index (χ2v) is 7.06. The maximum Gasteiger partial charge on any atom is 0.289 e. The molecule has 116 valence electrons. The summed E-state index contributed by atoms with van der Waals surface area (Å²) in [6.45, 7) is 0.794. The molecule has 1 aliphatic heterocycles. The van der Waals surface area contributed by atoms with E-state index in [0.29, 0.717) is 13.1 Å². The lowest BCUT2D eigenvalue weighted by atomic mass is 10.1. The van der Waals surface area contributed by atoms with E-state index in [1.807, 2.05) is 0 Å². The summed E-state index contributed by atoms with van der Waals surface area (Å²) < 4.78 is 26.7. The second-order valence-electron chi connectivity index (χ2n) is 5.16. The molecule has 1 saturated heterocycles. The minimum absolute atomic E-state index is 0.200. The second kappa shape index (κ2) is 6.40. The molecule has 21 heavy (non-hydrogen) atoms. The molecule has 0 radical (unpaired) electrons. The van der Waals surface area contributed by atoms with Crippen molar-refractivity contribution in [3.8, 4) is 0 Å². The van der Waals surface area contributed by atoms with Crippen LogP contribution in [0.1, 0.15) is 32.1 Å². The van der Waals surface area contributed by atoms with Gasteiger partial charge in [0.15, 0.2) is 4.90 Å². The molecular formula is C13H19N3O4S. The monoisotopic (exact) mass is 313 g/mol. The molecule has 0 saturated carbocycles. The molecule has 1 fully saturated rings. The van der Waals surface area contributed by atoms with E-state index < -0.39 is 20.6 Å². The zero-order chi connectivity index (χ0) is 15.5. The summed E-state index contributed by atoms with van der Waals surface area (Å²) in [5.74, 6) is 0. The third-order valence-electron chi connectivity index (χ3n) is 3.61. The largest absolute Gasteiger partial charge is 0.399 e. The fraction of sp³-hybridized carbons (Fsp3) is 0.538. The molecule has 0 atom stereocenters. The van der Waals surface area contributed by atoms with Gasteiger partial charge in [0.05, 0.1) is 4.92 Å². The Hall–Kier alpha value is -1.67. The highest BCUT2D eigenvalue weighted by molar-refractivity contribution is 7.89. The molecule has 2 N–H and O–H groups in total. The Morgan fingerprint density at radius 3 is 2.24 bits per heavy atom. The number of nitro groups is 1. The molecule has 1 aromatic rings. The van der Waals surface area contributed by atoms with Crippen molar-refractivity contribution in [1.82, 2.24) is 4.31 Å². The summed E-state index contributed by atoms with van der Waals surface area (Å²) in [6.07, 6.45) is 4.60. The number of nitrogens with two attached hydrogens (primary N) is 1. The molecular weight excluding hydrogens is 294 g/mol. The number of sulfonamides is 1. The topological polar surface area (TPSA) is 107 Å². The van der Waals surface area contributed by atoms with E-state index in [1.165, 1.54) is 16.4 Å². The van der Waals surface area contributed by atoms with E-state index >= 15 is 0 Å². The number of nitro benzene ring substituents is 1. The summed E-state index contributed by atoms with van der Waals surface area (Å²) in [5, 5.41) is 11.1. The molecule has 8 heteroatoms. The lowest BCUT2D eigenvalue weighted by Gasteiger charge is -2.24. The van der Waals surface area contributed by atoms with E-state index in [9.17, 15) is 18.5 Å². The van der Waals surface area contributed by atoms with Crippen LogP contribution in [-0.2, 0) is 10.0 Å². The molecule has 1 aromatic carbocycles. The van der Waals surface area contributed by atoms with E-state index in [1.54, 1.807) is 0 Å². The molecule has 1 heterocycles. The van der Waals surface area contributed by atoms with Crippen LogP contribution in [0, 0.1) is 10.1 Å². The predicted octanol–water partition coefficient (Wildman–Crippen LogP) is 2.13. The number of benzene rings is 1. The fourth-order valence-electron chi connectivity index (χ4n) is 2.49. The van der Waals surface area contributed by atoms with Gasteiger partial charge in [0, 0.05) is 24.8 Å². The van der Waals surface area contributed by atoms with Crippen molar-refractivity contribution in [1.29, 1.82) is 0 Å². The molecule has 0 spiro atoms. The number of hydrogen-bond acceptors (Lipinski definition) is 5. The maximum absolute atomic E-state index is 12.7. The van der Waals surface area contributed by atoms with E-state index in [4.69, 9.17) is 5.73 Å². The van der Waals surface area contributed by atoms with Crippen LogP contribution >= 0.6 is 0 Å². The van der Waals surface area contributed by atoms with Crippen molar-refractivity contribution in [2.45, 2.75) is 37.0 Å². The molecule has 1 aliphatic rings. The lowest BCUT2D eigenvalue weighted by molar-refractivity contribution is -0.387. The molecule has 7 nitrogen and oxygen atoms in total. The van der Waals surface area contributed by atoms with Gasteiger partial charge in [0.2, 0.25) is 10.0 Å². The summed E-state index contributed by atoms with van der Waals surface area (Å²) in [6, 6.07) is 3.66. The Kier molecular flexibility index (Phi) is 4.79. The lowest BCUT2D eigenvalue weighted by Crippen LogP contribution is -2.34. The number of nitrogen functional groups attached to an aromatic ring is 1. The van der Waals surface area contributed by atoms with E-state index in [2.05, 4.69) is 0 Å². The summed E-state index contributed by atoms with van der Waals surface area (Å²) in [5.41, 5.74) is 5.38. The Labute approximate surface area is 123 Å². The number of anilines is 1. The molecule has 0 unspecified atom stereocenters. The Balaban J connectivity index is 2.42. The standard InChI is InChI=1S/C13H19N3O4S/c14-11-6-7-12(16(17)18)13(10-11)21(19,20)15-8-4-2-1-3-5-9-15/h6-7,10H,1-5,8-9,14H2. The zero-order valence-corrected chi connectivity index (χ0v) is 12.5. The Morgan fingerprint density at radius 2 is 1.67 bits per heavy atom. The normalized spacial score (nSPS) is 17.9. The Morgan fingerprint density at radius 1 is 1.10 bits per heavy atom. The van der Waals surface area contributed by atoms with Crippen LogP contribution in [0.2, 0.25) is 0 Å². The van der Waals surface area contributed by atoms with Gasteiger partial charge < -0.3 is 5.73 Å². The molecule has 0 aromatic heterocycles. The minimum atomic E-state index is -3.89. The van der Waals surface area contributed by atoms with E-state index in [0.717, 1.165) is 38.2 Å². The SMILES string of the molecule is Nc1ccc([N+](=O)[O-])c(S(=O)(=O)N2CCCCCCC2)c1. The molecule has 2 rings (SSSR count). The van der Waals surface area contributed by atoms with Gasteiger partial charge in [-0.3, -0.25) is 10.1 Å². The first kappa shape index (κ1) is 15.7. The van der Waals surface area contributed by atoms with Gasteiger partial charge in [0.1, 0.15) is 0 Å². The molecule has 0 bridgehead atoms. The third kappa shape index (κ3) is 3.51. The van der Waals surface area contributed by atoms with Crippen molar-refractivity contribution < 1.29 is 13.3 Å². The predicted molar refractivity (Wildman–Crippen MR) is 79.4 cm³/mol. The van der Waals surface area contributed by atoms with Gasteiger partial charge in [-0.2, -0.15) is 4.31 Å². The van der Waals surface area contributed by atoms with Gasteiger partial charge >= 0.3 is 0 Å². The third-order valence-corrected chi connectivity index (χ3v) is 5.54. The highest BCUT2D eigenvalue weighted by atomic mass is 32.2. The number of rotatable bonds is 3. The van der Waals surface area contributed by atoms with Crippen molar-refractivity contribution >= 4 is 21.4 Å². The van der Waals surface area contributed by atoms with Gasteiger partial charge in [-0.15, -0.1) is 0 Å². The van der Waals surface area contributed by atoms with Gasteiger partial charge in [-0.1, -0.05) is 19.3 Å². The molecule has 0 aliphatic carbocycles. The first-order valence-corrected chi connectivity index (χ1v) is 8.41. The maximum atomic E-state index is 12.7. The smallest absolute Gasteiger partial charge is 0.289 e. The van der Waals surface area contributed by atoms with Crippen molar-refractivity contribution in [3.05, 3.63) is 28.3 Å².